The van der Waals surface area contributed by atoms with Gasteiger partial charge in [-0.3, -0.25) is 0 Å². The van der Waals surface area contributed by atoms with Gasteiger partial charge in [0.1, 0.15) is 16.5 Å². The SMILES string of the molecule is COc1cc(N2CCN(C)CC2)ccc1Nc1ncc(Cl)c(Oc2ccccc2N=[N+]=[N-])n1. The van der Waals surface area contributed by atoms with Crippen molar-refractivity contribution in [3.05, 3.63) is 64.1 Å². The first kappa shape index (κ1) is 22.5. The van der Waals surface area contributed by atoms with Gasteiger partial charge in [0, 0.05) is 42.8 Å². The van der Waals surface area contributed by atoms with E-state index >= 15 is 0 Å². The third-order valence-corrected chi connectivity index (χ3v) is 5.50. The molecule has 0 aliphatic carbocycles. The van der Waals surface area contributed by atoms with Crippen molar-refractivity contribution < 1.29 is 9.47 Å². The van der Waals surface area contributed by atoms with Gasteiger partial charge in [-0.25, -0.2) is 4.98 Å². The van der Waals surface area contributed by atoms with E-state index in [2.05, 4.69) is 42.2 Å². The minimum Gasteiger partial charge on any atom is -0.494 e. The number of halogens is 1. The fourth-order valence-corrected chi connectivity index (χ4v) is 3.56. The molecule has 2 aromatic carbocycles. The van der Waals surface area contributed by atoms with E-state index in [4.69, 9.17) is 26.6 Å². The van der Waals surface area contributed by atoms with Gasteiger partial charge in [-0.1, -0.05) is 28.8 Å². The van der Waals surface area contributed by atoms with Crippen molar-refractivity contribution in [2.45, 2.75) is 0 Å². The highest BCUT2D eigenvalue weighted by Gasteiger charge is 2.17. The van der Waals surface area contributed by atoms with E-state index in [0.29, 0.717) is 22.9 Å². The van der Waals surface area contributed by atoms with E-state index in [-0.39, 0.29) is 16.9 Å². The van der Waals surface area contributed by atoms with E-state index in [0.717, 1.165) is 31.9 Å². The Labute approximate surface area is 196 Å². The van der Waals surface area contributed by atoms with Crippen LogP contribution in [0.2, 0.25) is 5.02 Å². The number of nitrogens with zero attached hydrogens (tertiary/aromatic N) is 7. The predicted molar refractivity (Wildman–Crippen MR) is 128 cm³/mol. The Morgan fingerprint density at radius 1 is 1.12 bits per heavy atom. The third-order valence-electron chi connectivity index (χ3n) is 5.24. The second-order valence-electron chi connectivity index (χ2n) is 7.41. The molecule has 1 aliphatic heterocycles. The van der Waals surface area contributed by atoms with Crippen molar-refractivity contribution in [2.75, 3.05) is 50.6 Å². The summed E-state index contributed by atoms with van der Waals surface area (Å²) in [5, 5.41) is 7.00. The van der Waals surface area contributed by atoms with Crippen LogP contribution in [-0.4, -0.2) is 55.2 Å². The molecule has 0 bridgehead atoms. The van der Waals surface area contributed by atoms with Crippen molar-refractivity contribution >= 4 is 34.6 Å². The zero-order chi connectivity index (χ0) is 23.2. The van der Waals surface area contributed by atoms with Gasteiger partial charge < -0.3 is 24.6 Å². The minimum absolute atomic E-state index is 0.128. The lowest BCUT2D eigenvalue weighted by molar-refractivity contribution is 0.312. The molecule has 0 spiro atoms. The number of azide groups is 1. The fraction of sp³-hybridized carbons (Fsp3) is 0.273. The van der Waals surface area contributed by atoms with Crippen LogP contribution in [0.1, 0.15) is 0 Å². The Morgan fingerprint density at radius 2 is 1.91 bits per heavy atom. The Kier molecular flexibility index (Phi) is 6.99. The van der Waals surface area contributed by atoms with E-state index in [1.165, 1.54) is 6.20 Å². The topological polar surface area (TPSA) is 112 Å². The van der Waals surface area contributed by atoms with Crippen molar-refractivity contribution in [3.8, 4) is 17.4 Å². The molecule has 170 valence electrons. The van der Waals surface area contributed by atoms with Crippen LogP contribution in [0.25, 0.3) is 10.4 Å². The van der Waals surface area contributed by atoms with Crippen LogP contribution in [0.4, 0.5) is 23.0 Å². The van der Waals surface area contributed by atoms with E-state index in [1.54, 1.807) is 31.4 Å². The molecule has 4 rings (SSSR count). The number of likely N-dealkylation sites (N-methyl/N-ethyl adjacent to an activating group) is 1. The number of anilines is 3. The van der Waals surface area contributed by atoms with Gasteiger partial charge in [0.05, 0.1) is 24.7 Å². The lowest BCUT2D eigenvalue weighted by Gasteiger charge is -2.34. The molecular formula is C22H23ClN8O2. The highest BCUT2D eigenvalue weighted by Crippen LogP contribution is 2.36. The molecule has 2 heterocycles. The van der Waals surface area contributed by atoms with Crippen molar-refractivity contribution in [1.29, 1.82) is 0 Å². The molecule has 0 unspecified atom stereocenters. The van der Waals surface area contributed by atoms with Crippen LogP contribution in [0, 0.1) is 0 Å². The quantitative estimate of drug-likeness (QED) is 0.283. The molecule has 1 saturated heterocycles. The second-order valence-corrected chi connectivity index (χ2v) is 7.81. The fourth-order valence-electron chi connectivity index (χ4n) is 3.43. The smallest absolute Gasteiger partial charge is 0.243 e. The van der Waals surface area contributed by atoms with Crippen LogP contribution in [0.3, 0.4) is 0 Å². The number of methoxy groups -OCH3 is 1. The molecule has 1 N–H and O–H groups in total. The Hall–Kier alpha value is -3.72. The Bertz CT molecular complexity index is 1180. The molecule has 3 aromatic rings. The van der Waals surface area contributed by atoms with Gasteiger partial charge >= 0.3 is 0 Å². The number of nitrogens with one attached hydrogen (secondary N) is 1. The van der Waals surface area contributed by atoms with E-state index < -0.39 is 0 Å². The van der Waals surface area contributed by atoms with Crippen LogP contribution in [0.5, 0.6) is 17.4 Å². The van der Waals surface area contributed by atoms with Crippen molar-refractivity contribution in [3.63, 3.8) is 0 Å². The lowest BCUT2D eigenvalue weighted by atomic mass is 10.2. The molecule has 11 heteroatoms. The number of benzene rings is 2. The van der Waals surface area contributed by atoms with E-state index in [1.807, 2.05) is 18.2 Å². The number of piperazine rings is 1. The first-order valence-corrected chi connectivity index (χ1v) is 10.7. The first-order chi connectivity index (χ1) is 16.1. The van der Waals surface area contributed by atoms with Crippen LogP contribution < -0.4 is 19.7 Å². The second kappa shape index (κ2) is 10.3. The Morgan fingerprint density at radius 3 is 2.67 bits per heavy atom. The highest BCUT2D eigenvalue weighted by atomic mass is 35.5. The molecule has 0 amide bonds. The molecule has 33 heavy (non-hydrogen) atoms. The summed E-state index contributed by atoms with van der Waals surface area (Å²) in [6.45, 7) is 3.97. The zero-order valence-electron chi connectivity index (χ0n) is 18.3. The summed E-state index contributed by atoms with van der Waals surface area (Å²) in [6, 6.07) is 12.8. The maximum Gasteiger partial charge on any atom is 0.243 e. The van der Waals surface area contributed by atoms with Crippen LogP contribution in [-0.2, 0) is 0 Å². The zero-order valence-corrected chi connectivity index (χ0v) is 19.0. The molecule has 1 aliphatic rings. The van der Waals surface area contributed by atoms with E-state index in [9.17, 15) is 0 Å². The molecule has 10 nitrogen and oxygen atoms in total. The average molecular weight is 467 g/mol. The first-order valence-electron chi connectivity index (χ1n) is 10.3. The van der Waals surface area contributed by atoms with Crippen LogP contribution in [0.15, 0.2) is 53.8 Å². The molecular weight excluding hydrogens is 444 g/mol. The summed E-state index contributed by atoms with van der Waals surface area (Å²) in [5.74, 6) is 1.40. The van der Waals surface area contributed by atoms with Crippen molar-refractivity contribution in [2.24, 2.45) is 5.11 Å². The largest absolute Gasteiger partial charge is 0.494 e. The number of hydrogen-bond acceptors (Lipinski definition) is 8. The van der Waals surface area contributed by atoms with Crippen molar-refractivity contribution in [1.82, 2.24) is 14.9 Å². The van der Waals surface area contributed by atoms with Gasteiger partial charge in [0.2, 0.25) is 11.8 Å². The lowest BCUT2D eigenvalue weighted by Crippen LogP contribution is -2.44. The van der Waals surface area contributed by atoms with Gasteiger partial charge in [-0.2, -0.15) is 4.98 Å². The maximum atomic E-state index is 8.76. The minimum atomic E-state index is 0.128. The monoisotopic (exact) mass is 466 g/mol. The van der Waals surface area contributed by atoms with Gasteiger partial charge in [-0.15, -0.1) is 0 Å². The number of ether oxygens (including phenoxy) is 2. The molecule has 1 aromatic heterocycles. The summed E-state index contributed by atoms with van der Waals surface area (Å²) in [7, 11) is 3.75. The normalized spacial score (nSPS) is 13.8. The summed E-state index contributed by atoms with van der Waals surface area (Å²) >= 11 is 6.24. The number of rotatable bonds is 7. The molecule has 1 fully saturated rings. The molecule has 0 atom stereocenters. The number of hydrogen-bond donors (Lipinski definition) is 1. The third kappa shape index (κ3) is 5.38. The summed E-state index contributed by atoms with van der Waals surface area (Å²) < 4.78 is 11.4. The summed E-state index contributed by atoms with van der Waals surface area (Å²) in [5.41, 5.74) is 10.9. The van der Waals surface area contributed by atoms with Gasteiger partial charge in [-0.05, 0) is 36.8 Å². The summed E-state index contributed by atoms with van der Waals surface area (Å²) in [6.07, 6.45) is 1.44. The number of para-hydroxylation sites is 1. The molecule has 0 saturated carbocycles. The summed E-state index contributed by atoms with van der Waals surface area (Å²) in [4.78, 5) is 16.1. The van der Waals surface area contributed by atoms with Gasteiger partial charge in [0.15, 0.2) is 0 Å². The Balaban J connectivity index is 1.55. The molecule has 0 radical (unpaired) electrons. The average Bonchev–Trinajstić information content (AvgIpc) is 2.83. The predicted octanol–water partition coefficient (Wildman–Crippen LogP) is 5.37. The maximum absolute atomic E-state index is 8.76. The highest BCUT2D eigenvalue weighted by molar-refractivity contribution is 6.31. The standard InChI is InChI=1S/C22H23ClN8O2/c1-30-9-11-31(12-10-30)15-7-8-17(20(13-15)32-2)26-22-25-14-16(23)21(27-22)33-19-6-4-3-5-18(19)28-29-24/h3-8,13-14H,9-12H2,1-2H3,(H,25,26,27). The number of aromatic nitrogens is 2. The van der Waals surface area contributed by atoms with Gasteiger partial charge in [0.25, 0.3) is 0 Å². The van der Waals surface area contributed by atoms with Crippen LogP contribution >= 0.6 is 11.6 Å².